The number of nitrogen functional groups attached to an aromatic ring is 1. The average Bonchev–Trinajstić information content (AvgIpc) is 3.51. The van der Waals surface area contributed by atoms with Gasteiger partial charge in [0.25, 0.3) is 0 Å². The summed E-state index contributed by atoms with van der Waals surface area (Å²) in [6.07, 6.45) is 6.35. The predicted molar refractivity (Wildman–Crippen MR) is 134 cm³/mol. The summed E-state index contributed by atoms with van der Waals surface area (Å²) in [5.74, 6) is 1.87. The van der Waals surface area contributed by atoms with E-state index in [2.05, 4.69) is 32.6 Å². The van der Waals surface area contributed by atoms with Crippen LogP contribution >= 0.6 is 0 Å². The number of nitrogens with two attached hydrogens (primary N) is 2. The Balaban J connectivity index is 1.38. The van der Waals surface area contributed by atoms with Gasteiger partial charge in [-0.15, -0.1) is 0 Å². The number of imidazole rings is 1. The highest BCUT2D eigenvalue weighted by Crippen LogP contribution is 2.30. The third kappa shape index (κ3) is 4.68. The highest BCUT2D eigenvalue weighted by atomic mass is 16.1. The molecule has 5 rings (SSSR count). The first-order valence-corrected chi connectivity index (χ1v) is 11.9. The van der Waals surface area contributed by atoms with Gasteiger partial charge in [0.05, 0.1) is 17.3 Å². The number of nitrogens with one attached hydrogen (secondary N) is 3. The number of carbonyl (C=O) groups excluding carboxylic acids is 1. The molecule has 0 bridgehead atoms. The van der Waals surface area contributed by atoms with Crippen molar-refractivity contribution >= 4 is 22.6 Å². The number of aromatic amines is 2. The van der Waals surface area contributed by atoms with Gasteiger partial charge in [-0.2, -0.15) is 5.10 Å². The van der Waals surface area contributed by atoms with Crippen LogP contribution in [0.15, 0.2) is 54.7 Å². The van der Waals surface area contributed by atoms with Crippen molar-refractivity contribution in [2.45, 2.75) is 38.1 Å². The van der Waals surface area contributed by atoms with Crippen LogP contribution in [0.5, 0.6) is 0 Å². The molecule has 7 N–H and O–H groups in total. The summed E-state index contributed by atoms with van der Waals surface area (Å²) >= 11 is 0. The quantitative estimate of drug-likeness (QED) is 0.288. The summed E-state index contributed by atoms with van der Waals surface area (Å²) in [4.78, 5) is 21.4. The minimum Gasteiger partial charge on any atom is -0.382 e. The molecule has 1 amide bonds. The van der Waals surface area contributed by atoms with Gasteiger partial charge in [-0.05, 0) is 62.3 Å². The summed E-state index contributed by atoms with van der Waals surface area (Å²) in [6.45, 7) is 0.705. The second kappa shape index (κ2) is 9.69. The van der Waals surface area contributed by atoms with Crippen LogP contribution in [0, 0.1) is 11.8 Å². The topological polar surface area (TPSA) is 138 Å². The van der Waals surface area contributed by atoms with Crippen molar-refractivity contribution in [2.24, 2.45) is 17.6 Å². The number of nitrogens with zero attached hydrogens (tertiary/aromatic N) is 2. The van der Waals surface area contributed by atoms with Crippen LogP contribution in [0.2, 0.25) is 0 Å². The number of fused-ring (bicyclic) bond motifs is 1. The highest BCUT2D eigenvalue weighted by molar-refractivity contribution is 5.91. The first-order chi connectivity index (χ1) is 16.6. The van der Waals surface area contributed by atoms with E-state index in [9.17, 15) is 4.79 Å². The zero-order valence-corrected chi connectivity index (χ0v) is 19.1. The summed E-state index contributed by atoms with van der Waals surface area (Å²) in [6, 6.07) is 15.8. The molecule has 1 aliphatic carbocycles. The molecule has 8 heteroatoms. The molecule has 0 saturated heterocycles. The predicted octanol–water partition coefficient (Wildman–Crippen LogP) is 3.70. The molecule has 0 radical (unpaired) electrons. The molecular formula is C26H31N7O. The highest BCUT2D eigenvalue weighted by Gasteiger charge is 2.28. The largest absolute Gasteiger partial charge is 0.382 e. The zero-order chi connectivity index (χ0) is 23.5. The Kier molecular flexibility index (Phi) is 6.31. The molecule has 1 aliphatic rings. The molecule has 1 saturated carbocycles. The number of hydrogen-bond acceptors (Lipinski definition) is 5. The molecule has 1 fully saturated rings. The van der Waals surface area contributed by atoms with E-state index in [1.807, 2.05) is 42.6 Å². The van der Waals surface area contributed by atoms with Gasteiger partial charge < -0.3 is 21.8 Å². The number of carbonyl (C=O) groups is 1. The summed E-state index contributed by atoms with van der Waals surface area (Å²) in [5.41, 5.74) is 15.6. The molecule has 1 atom stereocenters. The van der Waals surface area contributed by atoms with Crippen molar-refractivity contribution in [1.29, 1.82) is 0 Å². The summed E-state index contributed by atoms with van der Waals surface area (Å²) in [7, 11) is 0. The molecule has 4 aromatic rings. The lowest BCUT2D eigenvalue weighted by Gasteiger charge is -2.28. The molecule has 2 heterocycles. The van der Waals surface area contributed by atoms with Crippen LogP contribution in [-0.4, -0.2) is 32.6 Å². The summed E-state index contributed by atoms with van der Waals surface area (Å²) in [5, 5.41) is 11.1. The number of anilines is 1. The van der Waals surface area contributed by atoms with Gasteiger partial charge in [-0.1, -0.05) is 36.4 Å². The average molecular weight is 458 g/mol. The maximum atomic E-state index is 13.2. The first kappa shape index (κ1) is 22.2. The van der Waals surface area contributed by atoms with E-state index in [1.54, 1.807) is 0 Å². The molecular weight excluding hydrogens is 426 g/mol. The van der Waals surface area contributed by atoms with Crippen molar-refractivity contribution in [1.82, 2.24) is 25.5 Å². The van der Waals surface area contributed by atoms with Gasteiger partial charge in [-0.25, -0.2) is 4.98 Å². The molecule has 0 spiro atoms. The van der Waals surface area contributed by atoms with Crippen LogP contribution in [0.4, 0.5) is 5.82 Å². The Labute approximate surface area is 198 Å². The molecule has 34 heavy (non-hydrogen) atoms. The van der Waals surface area contributed by atoms with E-state index in [1.165, 1.54) is 0 Å². The lowest BCUT2D eigenvalue weighted by Crippen LogP contribution is -2.37. The molecule has 2 aromatic heterocycles. The minimum atomic E-state index is -0.251. The number of hydrogen-bond donors (Lipinski definition) is 5. The Morgan fingerprint density at radius 3 is 2.68 bits per heavy atom. The van der Waals surface area contributed by atoms with Crippen LogP contribution in [0.1, 0.15) is 43.1 Å². The fourth-order valence-electron chi connectivity index (χ4n) is 4.87. The molecule has 0 unspecified atom stereocenters. The minimum absolute atomic E-state index is 0.0296. The lowest BCUT2D eigenvalue weighted by molar-refractivity contribution is -0.127. The summed E-state index contributed by atoms with van der Waals surface area (Å²) < 4.78 is 0. The normalized spacial score (nSPS) is 19.2. The van der Waals surface area contributed by atoms with E-state index in [0.717, 1.165) is 59.2 Å². The second-order valence-corrected chi connectivity index (χ2v) is 9.24. The van der Waals surface area contributed by atoms with E-state index in [-0.39, 0.29) is 17.9 Å². The molecule has 176 valence electrons. The first-order valence-electron chi connectivity index (χ1n) is 11.9. The second-order valence-electron chi connectivity index (χ2n) is 9.24. The van der Waals surface area contributed by atoms with Gasteiger partial charge in [0.15, 0.2) is 5.82 Å². The molecule has 2 aromatic carbocycles. The number of rotatable bonds is 7. The number of aromatic nitrogens is 4. The van der Waals surface area contributed by atoms with Crippen molar-refractivity contribution in [3.63, 3.8) is 0 Å². The maximum absolute atomic E-state index is 13.2. The van der Waals surface area contributed by atoms with Crippen LogP contribution in [0.3, 0.4) is 0 Å². The lowest BCUT2D eigenvalue weighted by atomic mass is 9.81. The van der Waals surface area contributed by atoms with Gasteiger partial charge >= 0.3 is 0 Å². The number of amides is 1. The van der Waals surface area contributed by atoms with Gasteiger partial charge in [0.2, 0.25) is 5.91 Å². The fraction of sp³-hybridized carbons (Fsp3) is 0.346. The van der Waals surface area contributed by atoms with Crippen molar-refractivity contribution < 1.29 is 4.79 Å². The number of H-pyrrole nitrogens is 2. The van der Waals surface area contributed by atoms with E-state index in [0.29, 0.717) is 24.7 Å². The third-order valence-corrected chi connectivity index (χ3v) is 6.97. The van der Waals surface area contributed by atoms with Crippen molar-refractivity contribution in [3.05, 3.63) is 66.1 Å². The van der Waals surface area contributed by atoms with Gasteiger partial charge in [-0.3, -0.25) is 9.89 Å². The Morgan fingerprint density at radius 2 is 1.91 bits per heavy atom. The smallest absolute Gasteiger partial charge is 0.223 e. The Bertz CT molecular complexity index is 1250. The van der Waals surface area contributed by atoms with Crippen molar-refractivity contribution in [3.8, 4) is 11.3 Å². The van der Waals surface area contributed by atoms with Crippen LogP contribution in [0.25, 0.3) is 22.2 Å². The third-order valence-electron chi connectivity index (χ3n) is 6.97. The Morgan fingerprint density at radius 1 is 1.12 bits per heavy atom. The van der Waals surface area contributed by atoms with E-state index < -0.39 is 0 Å². The SMILES string of the molecule is NC[C@H]1CC[C@H](C(=O)N[C@@H](Cc2ccccc2)c2nc(-c3ccc4[nH]nc(N)c4c3)c[nH]2)CC1. The maximum Gasteiger partial charge on any atom is 0.223 e. The van der Waals surface area contributed by atoms with Crippen LogP contribution < -0.4 is 16.8 Å². The standard InChI is InChI=1S/C26H31N7O/c27-14-17-6-8-18(9-7-17)26(34)31-22(12-16-4-2-1-3-5-16)25-29-15-23(30-25)19-10-11-21-20(13-19)24(28)33-32-21/h1-5,10-11,13,15,17-18,22H,6-9,12,14,27H2,(H,29,30)(H,31,34)(H3,28,32,33)/t17-,18-,22-/m0/s1. The van der Waals surface area contributed by atoms with Gasteiger partial charge in [0.1, 0.15) is 5.82 Å². The molecule has 0 aliphatic heterocycles. The molecule has 8 nitrogen and oxygen atoms in total. The van der Waals surface area contributed by atoms with E-state index >= 15 is 0 Å². The number of benzene rings is 2. The van der Waals surface area contributed by atoms with Crippen LogP contribution in [-0.2, 0) is 11.2 Å². The van der Waals surface area contributed by atoms with Crippen molar-refractivity contribution in [2.75, 3.05) is 12.3 Å². The van der Waals surface area contributed by atoms with E-state index in [4.69, 9.17) is 16.5 Å². The Hall–Kier alpha value is -3.65. The fourth-order valence-corrected chi connectivity index (χ4v) is 4.87. The van der Waals surface area contributed by atoms with Gasteiger partial charge in [0, 0.05) is 23.1 Å². The monoisotopic (exact) mass is 457 g/mol. The zero-order valence-electron chi connectivity index (χ0n) is 19.1.